The first-order valence-corrected chi connectivity index (χ1v) is 3.77. The van der Waals surface area contributed by atoms with E-state index < -0.39 is 0 Å². The summed E-state index contributed by atoms with van der Waals surface area (Å²) in [5.41, 5.74) is 0. The standard InChI is InChI=1S/C8H13ClO/c1-4-6-8(9)7(3)10-5-2/h6H,3-5H2,1-2H3/b8-6+. The van der Waals surface area contributed by atoms with Crippen molar-refractivity contribution in [1.29, 1.82) is 0 Å². The average Bonchev–Trinajstić information content (AvgIpc) is 1.89. The molecule has 0 unspecified atom stereocenters. The van der Waals surface area contributed by atoms with Crippen LogP contribution in [-0.4, -0.2) is 6.61 Å². The Labute approximate surface area is 67.3 Å². The highest BCUT2D eigenvalue weighted by Gasteiger charge is 1.96. The summed E-state index contributed by atoms with van der Waals surface area (Å²) in [5.74, 6) is 0.561. The molecule has 10 heavy (non-hydrogen) atoms. The second kappa shape index (κ2) is 5.36. The van der Waals surface area contributed by atoms with E-state index in [0.29, 0.717) is 17.4 Å². The van der Waals surface area contributed by atoms with Crippen molar-refractivity contribution in [3.63, 3.8) is 0 Å². The van der Waals surface area contributed by atoms with Gasteiger partial charge in [0, 0.05) is 0 Å². The van der Waals surface area contributed by atoms with Crippen molar-refractivity contribution in [2.45, 2.75) is 20.3 Å². The highest BCUT2D eigenvalue weighted by molar-refractivity contribution is 6.31. The minimum absolute atomic E-state index is 0.561. The van der Waals surface area contributed by atoms with Crippen molar-refractivity contribution in [1.82, 2.24) is 0 Å². The maximum absolute atomic E-state index is 5.75. The lowest BCUT2D eigenvalue weighted by atomic mass is 10.4. The largest absolute Gasteiger partial charge is 0.493 e. The average molecular weight is 161 g/mol. The Kier molecular flexibility index (Phi) is 5.13. The molecule has 0 aliphatic heterocycles. The fourth-order valence-corrected chi connectivity index (χ4v) is 0.745. The van der Waals surface area contributed by atoms with Crippen LogP contribution in [-0.2, 0) is 4.74 Å². The molecule has 0 saturated heterocycles. The zero-order valence-electron chi connectivity index (χ0n) is 6.48. The maximum Gasteiger partial charge on any atom is 0.130 e. The van der Waals surface area contributed by atoms with Gasteiger partial charge in [-0.25, -0.2) is 0 Å². The maximum atomic E-state index is 5.75. The van der Waals surface area contributed by atoms with Gasteiger partial charge in [-0.05, 0) is 13.3 Å². The summed E-state index contributed by atoms with van der Waals surface area (Å²) in [6.07, 6.45) is 2.78. The Balaban J connectivity index is 3.82. The molecule has 0 aromatic carbocycles. The van der Waals surface area contributed by atoms with Crippen LogP contribution in [0.25, 0.3) is 0 Å². The molecule has 0 aliphatic carbocycles. The molecular formula is C8H13ClO. The highest BCUT2D eigenvalue weighted by atomic mass is 35.5. The van der Waals surface area contributed by atoms with Crippen LogP contribution >= 0.6 is 11.6 Å². The Morgan fingerprint density at radius 2 is 2.20 bits per heavy atom. The third kappa shape index (κ3) is 3.57. The molecule has 0 fully saturated rings. The minimum atomic E-state index is 0.561. The van der Waals surface area contributed by atoms with Crippen molar-refractivity contribution >= 4 is 11.6 Å². The summed E-state index contributed by atoms with van der Waals surface area (Å²) in [6.45, 7) is 8.18. The Bertz CT molecular complexity index is 138. The molecule has 58 valence electrons. The van der Waals surface area contributed by atoms with Crippen molar-refractivity contribution < 1.29 is 4.74 Å². The van der Waals surface area contributed by atoms with Gasteiger partial charge in [0.25, 0.3) is 0 Å². The van der Waals surface area contributed by atoms with Gasteiger partial charge in [-0.15, -0.1) is 0 Å². The van der Waals surface area contributed by atoms with Gasteiger partial charge in [0.15, 0.2) is 0 Å². The van der Waals surface area contributed by atoms with Crippen LogP contribution in [0.3, 0.4) is 0 Å². The van der Waals surface area contributed by atoms with Gasteiger partial charge in [0.05, 0.1) is 11.6 Å². The van der Waals surface area contributed by atoms with E-state index in [0.717, 1.165) is 6.42 Å². The molecule has 2 heteroatoms. The quantitative estimate of drug-likeness (QED) is 0.454. The fourth-order valence-electron chi connectivity index (χ4n) is 0.536. The molecular weight excluding hydrogens is 148 g/mol. The molecule has 1 nitrogen and oxygen atoms in total. The summed E-state index contributed by atoms with van der Waals surface area (Å²) in [7, 11) is 0. The van der Waals surface area contributed by atoms with Crippen LogP contribution in [0, 0.1) is 0 Å². The summed E-state index contributed by atoms with van der Waals surface area (Å²) in [4.78, 5) is 0. The SMILES string of the molecule is C=C(OCC)/C(Cl)=C\CC. The smallest absolute Gasteiger partial charge is 0.130 e. The Morgan fingerprint density at radius 1 is 1.60 bits per heavy atom. The zero-order chi connectivity index (χ0) is 7.98. The molecule has 0 radical (unpaired) electrons. The molecule has 0 saturated carbocycles. The summed E-state index contributed by atoms with van der Waals surface area (Å²) in [5, 5.41) is 0.615. The molecule has 0 N–H and O–H groups in total. The van der Waals surface area contributed by atoms with Crippen LogP contribution in [0.1, 0.15) is 20.3 Å². The molecule has 0 rings (SSSR count). The number of rotatable bonds is 4. The lowest BCUT2D eigenvalue weighted by Crippen LogP contribution is -1.89. The molecule has 0 spiro atoms. The predicted octanol–water partition coefficient (Wildman–Crippen LogP) is 3.07. The third-order valence-electron chi connectivity index (χ3n) is 0.968. The van der Waals surface area contributed by atoms with Crippen LogP contribution in [0.4, 0.5) is 0 Å². The van der Waals surface area contributed by atoms with Crippen molar-refractivity contribution in [3.8, 4) is 0 Å². The van der Waals surface area contributed by atoms with Gasteiger partial charge in [0.2, 0.25) is 0 Å². The molecule has 0 amide bonds. The molecule has 0 aliphatic rings. The zero-order valence-corrected chi connectivity index (χ0v) is 7.24. The molecule has 0 aromatic rings. The normalized spacial score (nSPS) is 11.3. The van der Waals surface area contributed by atoms with E-state index in [1.54, 1.807) is 0 Å². The van der Waals surface area contributed by atoms with Gasteiger partial charge in [0.1, 0.15) is 5.76 Å². The van der Waals surface area contributed by atoms with E-state index in [4.69, 9.17) is 16.3 Å². The number of hydrogen-bond acceptors (Lipinski definition) is 1. The first-order chi connectivity index (χ1) is 4.72. The van der Waals surface area contributed by atoms with Crippen LogP contribution in [0.15, 0.2) is 23.4 Å². The monoisotopic (exact) mass is 160 g/mol. The second-order valence-corrected chi connectivity index (χ2v) is 2.22. The lowest BCUT2D eigenvalue weighted by molar-refractivity contribution is 0.242. The van der Waals surface area contributed by atoms with Crippen molar-refractivity contribution in [2.24, 2.45) is 0 Å². The van der Waals surface area contributed by atoms with Crippen LogP contribution in [0.5, 0.6) is 0 Å². The highest BCUT2D eigenvalue weighted by Crippen LogP contribution is 2.13. The van der Waals surface area contributed by atoms with E-state index in [-0.39, 0.29) is 0 Å². The summed E-state index contributed by atoms with van der Waals surface area (Å²) < 4.78 is 5.06. The number of ether oxygens (including phenoxy) is 1. The van der Waals surface area contributed by atoms with Gasteiger partial charge in [-0.2, -0.15) is 0 Å². The number of halogens is 1. The summed E-state index contributed by atoms with van der Waals surface area (Å²) in [6, 6.07) is 0. The fraction of sp³-hybridized carbons (Fsp3) is 0.500. The van der Waals surface area contributed by atoms with E-state index in [9.17, 15) is 0 Å². The van der Waals surface area contributed by atoms with Crippen molar-refractivity contribution in [2.75, 3.05) is 6.61 Å². The van der Waals surface area contributed by atoms with Crippen LogP contribution < -0.4 is 0 Å². The van der Waals surface area contributed by atoms with Gasteiger partial charge in [-0.3, -0.25) is 0 Å². The van der Waals surface area contributed by atoms with E-state index in [1.807, 2.05) is 19.9 Å². The summed E-state index contributed by atoms with van der Waals surface area (Å²) >= 11 is 5.75. The Hall–Kier alpha value is -0.430. The van der Waals surface area contributed by atoms with Gasteiger partial charge in [-0.1, -0.05) is 31.2 Å². The minimum Gasteiger partial charge on any atom is -0.493 e. The lowest BCUT2D eigenvalue weighted by Gasteiger charge is -2.03. The van der Waals surface area contributed by atoms with Crippen LogP contribution in [0.2, 0.25) is 0 Å². The van der Waals surface area contributed by atoms with Gasteiger partial charge >= 0.3 is 0 Å². The Morgan fingerprint density at radius 3 is 2.60 bits per heavy atom. The van der Waals surface area contributed by atoms with Crippen molar-refractivity contribution in [3.05, 3.63) is 23.4 Å². The first-order valence-electron chi connectivity index (χ1n) is 3.40. The topological polar surface area (TPSA) is 9.23 Å². The predicted molar refractivity (Wildman–Crippen MR) is 45.0 cm³/mol. The second-order valence-electron chi connectivity index (χ2n) is 1.82. The van der Waals surface area contributed by atoms with E-state index in [1.165, 1.54) is 0 Å². The molecule has 0 heterocycles. The van der Waals surface area contributed by atoms with E-state index in [2.05, 4.69) is 6.58 Å². The van der Waals surface area contributed by atoms with E-state index >= 15 is 0 Å². The molecule has 0 atom stereocenters. The molecule has 0 aromatic heterocycles. The number of allylic oxidation sites excluding steroid dienone is 2. The van der Waals surface area contributed by atoms with Gasteiger partial charge < -0.3 is 4.74 Å². The molecule has 0 bridgehead atoms. The number of hydrogen-bond donors (Lipinski definition) is 0. The first kappa shape index (κ1) is 9.57. The third-order valence-corrected chi connectivity index (χ3v) is 1.33.